The topological polar surface area (TPSA) is 73.6 Å². The predicted octanol–water partition coefficient (Wildman–Crippen LogP) is 0.454. The van der Waals surface area contributed by atoms with E-state index in [0.29, 0.717) is 19.8 Å². The van der Waals surface area contributed by atoms with Crippen molar-refractivity contribution in [3.8, 4) is 11.5 Å². The first-order valence-corrected chi connectivity index (χ1v) is 5.15. The Bertz CT molecular complexity index is 398. The number of nitrogens with two attached hydrogens (primary N) is 1. The Morgan fingerprint density at radius 3 is 2.71 bits per heavy atom. The molecule has 1 aliphatic heterocycles. The van der Waals surface area contributed by atoms with Crippen LogP contribution in [-0.4, -0.2) is 25.7 Å². The monoisotopic (exact) mass is 258 g/mol. The van der Waals surface area contributed by atoms with Gasteiger partial charge < -0.3 is 20.5 Å². The van der Waals surface area contributed by atoms with Crippen molar-refractivity contribution >= 4 is 18.3 Å². The number of carbonyl (C=O) groups is 1. The molecule has 0 bridgehead atoms. The van der Waals surface area contributed by atoms with Crippen LogP contribution in [0.5, 0.6) is 11.5 Å². The van der Waals surface area contributed by atoms with Gasteiger partial charge in [0.05, 0.1) is 6.54 Å². The second-order valence-electron chi connectivity index (χ2n) is 3.46. The van der Waals surface area contributed by atoms with Gasteiger partial charge >= 0.3 is 0 Å². The Morgan fingerprint density at radius 1 is 1.29 bits per heavy atom. The molecule has 1 heterocycles. The number of hydrogen-bond acceptors (Lipinski definition) is 4. The third-order valence-corrected chi connectivity index (χ3v) is 2.28. The minimum atomic E-state index is -0.171. The molecule has 0 saturated heterocycles. The van der Waals surface area contributed by atoms with Gasteiger partial charge in [-0.2, -0.15) is 0 Å². The lowest BCUT2D eigenvalue weighted by Crippen LogP contribution is -2.29. The molecule has 1 aromatic carbocycles. The summed E-state index contributed by atoms with van der Waals surface area (Å²) in [5, 5.41) is 2.70. The van der Waals surface area contributed by atoms with Crippen LogP contribution < -0.4 is 20.5 Å². The molecule has 94 valence electrons. The van der Waals surface area contributed by atoms with Crippen LogP contribution in [0.4, 0.5) is 0 Å². The van der Waals surface area contributed by atoms with Gasteiger partial charge in [-0.1, -0.05) is 6.07 Å². The molecule has 2 rings (SSSR count). The number of amides is 1. The lowest BCUT2D eigenvalue weighted by atomic mass is 10.2. The average Bonchev–Trinajstić information content (AvgIpc) is 2.35. The third kappa shape index (κ3) is 3.51. The fourth-order valence-corrected chi connectivity index (χ4v) is 1.47. The Morgan fingerprint density at radius 2 is 2.00 bits per heavy atom. The molecular formula is C11H15ClN2O3. The molecule has 0 fully saturated rings. The molecule has 3 N–H and O–H groups in total. The van der Waals surface area contributed by atoms with Crippen molar-refractivity contribution in [3.05, 3.63) is 23.8 Å². The molecule has 5 nitrogen and oxygen atoms in total. The van der Waals surface area contributed by atoms with E-state index in [-0.39, 0.29) is 24.9 Å². The second-order valence-corrected chi connectivity index (χ2v) is 3.46. The number of benzene rings is 1. The minimum Gasteiger partial charge on any atom is -0.486 e. The number of hydrogen-bond donors (Lipinski definition) is 2. The highest BCUT2D eigenvalue weighted by atomic mass is 35.5. The molecule has 0 unspecified atom stereocenters. The molecule has 6 heteroatoms. The van der Waals surface area contributed by atoms with Crippen LogP contribution in [0.15, 0.2) is 18.2 Å². The predicted molar refractivity (Wildman–Crippen MR) is 65.6 cm³/mol. The third-order valence-electron chi connectivity index (χ3n) is 2.28. The first-order chi connectivity index (χ1) is 7.79. The quantitative estimate of drug-likeness (QED) is 0.826. The van der Waals surface area contributed by atoms with Crippen LogP contribution >= 0.6 is 12.4 Å². The molecule has 17 heavy (non-hydrogen) atoms. The van der Waals surface area contributed by atoms with Gasteiger partial charge in [-0.05, 0) is 17.7 Å². The van der Waals surface area contributed by atoms with Gasteiger partial charge in [0.15, 0.2) is 11.5 Å². The van der Waals surface area contributed by atoms with Gasteiger partial charge in [-0.15, -0.1) is 12.4 Å². The Hall–Kier alpha value is -1.46. The number of ether oxygens (including phenoxy) is 2. The highest BCUT2D eigenvalue weighted by Crippen LogP contribution is 2.30. The van der Waals surface area contributed by atoms with Crippen molar-refractivity contribution in [1.82, 2.24) is 5.32 Å². The maximum Gasteiger partial charge on any atom is 0.234 e. The van der Waals surface area contributed by atoms with Crippen LogP contribution in [0.25, 0.3) is 0 Å². The Labute approximate surface area is 106 Å². The Balaban J connectivity index is 0.00000144. The number of fused-ring (bicyclic) bond motifs is 1. The minimum absolute atomic E-state index is 0. The van der Waals surface area contributed by atoms with Crippen molar-refractivity contribution in [1.29, 1.82) is 0 Å². The van der Waals surface area contributed by atoms with Crippen LogP contribution in [0, 0.1) is 0 Å². The highest BCUT2D eigenvalue weighted by molar-refractivity contribution is 5.85. The molecule has 1 amide bonds. The van der Waals surface area contributed by atoms with Gasteiger partial charge in [-0.25, -0.2) is 0 Å². The zero-order valence-electron chi connectivity index (χ0n) is 9.27. The number of rotatable bonds is 3. The first kappa shape index (κ1) is 13.6. The van der Waals surface area contributed by atoms with Crippen LogP contribution in [0.1, 0.15) is 5.56 Å². The number of halogens is 1. The smallest absolute Gasteiger partial charge is 0.234 e. The maximum atomic E-state index is 11.0. The number of carbonyl (C=O) groups excluding carboxylic acids is 1. The fraction of sp³-hybridized carbons (Fsp3) is 0.364. The van der Waals surface area contributed by atoms with E-state index in [4.69, 9.17) is 15.2 Å². The Kier molecular flexibility index (Phi) is 5.06. The summed E-state index contributed by atoms with van der Waals surface area (Å²) in [6.45, 7) is 1.60. The highest BCUT2D eigenvalue weighted by Gasteiger charge is 2.11. The summed E-state index contributed by atoms with van der Waals surface area (Å²) in [7, 11) is 0. The molecule has 0 atom stereocenters. The molecule has 0 aromatic heterocycles. The van der Waals surface area contributed by atoms with E-state index in [2.05, 4.69) is 5.32 Å². The molecule has 0 saturated carbocycles. The lowest BCUT2D eigenvalue weighted by Gasteiger charge is -2.18. The van der Waals surface area contributed by atoms with Crippen molar-refractivity contribution in [3.63, 3.8) is 0 Å². The standard InChI is InChI=1S/C11H14N2O3.ClH/c12-6-11(14)13-7-8-1-2-9-10(5-8)16-4-3-15-9;/h1-2,5H,3-4,6-7,12H2,(H,13,14);1H. The molecule has 1 aliphatic rings. The summed E-state index contributed by atoms with van der Waals surface area (Å²) in [4.78, 5) is 11.0. The van der Waals surface area contributed by atoms with Gasteiger partial charge in [0.25, 0.3) is 0 Å². The van der Waals surface area contributed by atoms with E-state index in [1.807, 2.05) is 18.2 Å². The summed E-state index contributed by atoms with van der Waals surface area (Å²) in [6, 6.07) is 5.61. The van der Waals surface area contributed by atoms with Gasteiger partial charge in [0, 0.05) is 6.54 Å². The van der Waals surface area contributed by atoms with Crippen molar-refractivity contribution < 1.29 is 14.3 Å². The fourth-order valence-electron chi connectivity index (χ4n) is 1.47. The summed E-state index contributed by atoms with van der Waals surface area (Å²) < 4.78 is 10.8. The summed E-state index contributed by atoms with van der Waals surface area (Å²) in [6.07, 6.45) is 0. The van der Waals surface area contributed by atoms with E-state index in [1.54, 1.807) is 0 Å². The van der Waals surface area contributed by atoms with Crippen LogP contribution in [-0.2, 0) is 11.3 Å². The average molecular weight is 259 g/mol. The lowest BCUT2D eigenvalue weighted by molar-refractivity contribution is -0.119. The normalized spacial score (nSPS) is 12.5. The van der Waals surface area contributed by atoms with Crippen molar-refractivity contribution in [2.45, 2.75) is 6.54 Å². The van der Waals surface area contributed by atoms with Gasteiger partial charge in [0.2, 0.25) is 5.91 Å². The summed E-state index contributed by atoms with van der Waals surface area (Å²) in [5.74, 6) is 1.31. The number of nitrogens with one attached hydrogen (secondary N) is 1. The van der Waals surface area contributed by atoms with E-state index in [9.17, 15) is 4.79 Å². The first-order valence-electron chi connectivity index (χ1n) is 5.15. The molecular weight excluding hydrogens is 244 g/mol. The molecule has 0 radical (unpaired) electrons. The van der Waals surface area contributed by atoms with Crippen LogP contribution in [0.3, 0.4) is 0 Å². The molecule has 1 aromatic rings. The van der Waals surface area contributed by atoms with Crippen LogP contribution in [0.2, 0.25) is 0 Å². The van der Waals surface area contributed by atoms with Gasteiger partial charge in [0.1, 0.15) is 13.2 Å². The van der Waals surface area contributed by atoms with E-state index >= 15 is 0 Å². The summed E-state index contributed by atoms with van der Waals surface area (Å²) in [5.41, 5.74) is 6.15. The summed E-state index contributed by atoms with van der Waals surface area (Å²) >= 11 is 0. The largest absolute Gasteiger partial charge is 0.486 e. The second kappa shape index (κ2) is 6.32. The molecule has 0 spiro atoms. The van der Waals surface area contributed by atoms with E-state index in [1.165, 1.54) is 0 Å². The van der Waals surface area contributed by atoms with Crippen molar-refractivity contribution in [2.24, 2.45) is 5.73 Å². The van der Waals surface area contributed by atoms with E-state index < -0.39 is 0 Å². The molecule has 0 aliphatic carbocycles. The van der Waals surface area contributed by atoms with Gasteiger partial charge in [-0.3, -0.25) is 4.79 Å². The van der Waals surface area contributed by atoms with Crippen molar-refractivity contribution in [2.75, 3.05) is 19.8 Å². The van der Waals surface area contributed by atoms with E-state index in [0.717, 1.165) is 17.1 Å². The zero-order valence-corrected chi connectivity index (χ0v) is 10.1. The maximum absolute atomic E-state index is 11.0. The zero-order chi connectivity index (χ0) is 11.4. The SMILES string of the molecule is Cl.NCC(=O)NCc1ccc2c(c1)OCCO2.